The van der Waals surface area contributed by atoms with E-state index in [-0.39, 0.29) is 5.75 Å². The van der Waals surface area contributed by atoms with Gasteiger partial charge in [0.2, 0.25) is 0 Å². The smallest absolute Gasteiger partial charge is 0.342 e. The highest BCUT2D eigenvalue weighted by Gasteiger charge is 2.16. The monoisotopic (exact) mass is 288 g/mol. The first-order valence-electron chi connectivity index (χ1n) is 6.87. The average Bonchev–Trinajstić information content (AvgIpc) is 2.47. The highest BCUT2D eigenvalue weighted by atomic mass is 19.1. The van der Waals surface area contributed by atoms with Crippen molar-refractivity contribution in [2.45, 2.75) is 19.3 Å². The first-order chi connectivity index (χ1) is 10.2. The van der Waals surface area contributed by atoms with Crippen LogP contribution in [0.25, 0.3) is 0 Å². The van der Waals surface area contributed by atoms with E-state index in [1.165, 1.54) is 17.7 Å². The lowest BCUT2D eigenvalue weighted by molar-refractivity contribution is 0.0686. The summed E-state index contributed by atoms with van der Waals surface area (Å²) in [5, 5.41) is 8.98. The second-order valence-corrected chi connectivity index (χ2v) is 4.71. The van der Waals surface area contributed by atoms with Gasteiger partial charge in [-0.25, -0.2) is 9.18 Å². The van der Waals surface area contributed by atoms with Crippen molar-refractivity contribution in [1.29, 1.82) is 0 Å². The molecule has 2 rings (SSSR count). The van der Waals surface area contributed by atoms with Gasteiger partial charge in [0.15, 0.2) is 0 Å². The number of carboxylic acids is 1. The van der Waals surface area contributed by atoms with E-state index in [1.807, 2.05) is 18.2 Å². The Morgan fingerprint density at radius 2 is 1.81 bits per heavy atom. The number of ether oxygens (including phenoxy) is 1. The Labute approximate surface area is 123 Å². The lowest BCUT2D eigenvalue weighted by Crippen LogP contribution is -2.07. The average molecular weight is 288 g/mol. The van der Waals surface area contributed by atoms with E-state index < -0.39 is 17.3 Å². The fourth-order valence-electron chi connectivity index (χ4n) is 2.09. The van der Waals surface area contributed by atoms with Crippen LogP contribution < -0.4 is 4.74 Å². The molecule has 0 amide bonds. The van der Waals surface area contributed by atoms with Crippen molar-refractivity contribution in [3.63, 3.8) is 0 Å². The molecule has 1 N–H and O–H groups in total. The minimum absolute atomic E-state index is 0.0854. The maximum absolute atomic E-state index is 13.4. The normalized spacial score (nSPS) is 10.3. The van der Waals surface area contributed by atoms with Gasteiger partial charge < -0.3 is 9.84 Å². The number of rotatable bonds is 7. The van der Waals surface area contributed by atoms with E-state index in [4.69, 9.17) is 9.84 Å². The van der Waals surface area contributed by atoms with Gasteiger partial charge in [-0.3, -0.25) is 0 Å². The van der Waals surface area contributed by atoms with Gasteiger partial charge >= 0.3 is 5.97 Å². The maximum atomic E-state index is 13.4. The van der Waals surface area contributed by atoms with Gasteiger partial charge in [0.25, 0.3) is 0 Å². The van der Waals surface area contributed by atoms with E-state index in [2.05, 4.69) is 12.1 Å². The van der Waals surface area contributed by atoms with Gasteiger partial charge in [0, 0.05) is 0 Å². The van der Waals surface area contributed by atoms with E-state index in [1.54, 1.807) is 0 Å². The predicted octanol–water partition coefficient (Wildman–Crippen LogP) is 3.93. The largest absolute Gasteiger partial charge is 0.493 e. The molecule has 21 heavy (non-hydrogen) atoms. The van der Waals surface area contributed by atoms with E-state index in [0.29, 0.717) is 6.61 Å². The Morgan fingerprint density at radius 1 is 1.05 bits per heavy atom. The van der Waals surface area contributed by atoms with E-state index in [0.717, 1.165) is 25.3 Å². The molecule has 0 aliphatic carbocycles. The number of benzene rings is 2. The van der Waals surface area contributed by atoms with Crippen molar-refractivity contribution >= 4 is 5.97 Å². The molecule has 3 nitrogen and oxygen atoms in total. The molecule has 0 saturated carbocycles. The van der Waals surface area contributed by atoms with Crippen LogP contribution in [0, 0.1) is 5.82 Å². The minimum Gasteiger partial charge on any atom is -0.493 e. The summed E-state index contributed by atoms with van der Waals surface area (Å²) < 4.78 is 18.8. The van der Waals surface area contributed by atoms with Gasteiger partial charge in [0.05, 0.1) is 6.61 Å². The lowest BCUT2D eigenvalue weighted by Gasteiger charge is -2.09. The molecule has 0 aliphatic heterocycles. The summed E-state index contributed by atoms with van der Waals surface area (Å²) in [6, 6.07) is 14.1. The first kappa shape index (κ1) is 15.0. The Kier molecular flexibility index (Phi) is 5.32. The topological polar surface area (TPSA) is 46.5 Å². The molecule has 2 aromatic rings. The molecule has 0 unspecified atom stereocenters. The summed E-state index contributed by atoms with van der Waals surface area (Å²) in [7, 11) is 0. The summed E-state index contributed by atoms with van der Waals surface area (Å²) in [6.07, 6.45) is 2.66. The van der Waals surface area contributed by atoms with Crippen molar-refractivity contribution in [1.82, 2.24) is 0 Å². The highest BCUT2D eigenvalue weighted by Crippen LogP contribution is 2.21. The number of hydrogen-bond acceptors (Lipinski definition) is 2. The molecule has 110 valence electrons. The third kappa shape index (κ3) is 4.31. The molecule has 0 heterocycles. The molecule has 0 saturated heterocycles. The van der Waals surface area contributed by atoms with Gasteiger partial charge in [-0.15, -0.1) is 0 Å². The van der Waals surface area contributed by atoms with Gasteiger partial charge in [0.1, 0.15) is 17.1 Å². The summed E-state index contributed by atoms with van der Waals surface area (Å²) in [5.74, 6) is -2.00. The number of halogens is 1. The molecular formula is C17H17FO3. The molecule has 2 aromatic carbocycles. The van der Waals surface area contributed by atoms with Crippen LogP contribution in [0.3, 0.4) is 0 Å². The Bertz CT molecular complexity index is 596. The number of aromatic carboxylic acids is 1. The molecule has 0 fully saturated rings. The van der Waals surface area contributed by atoms with Gasteiger partial charge in [-0.05, 0) is 37.0 Å². The number of carboxylic acid groups (broad SMARTS) is 1. The minimum atomic E-state index is -1.31. The second-order valence-electron chi connectivity index (χ2n) is 4.71. The van der Waals surface area contributed by atoms with Crippen molar-refractivity contribution in [3.05, 3.63) is 65.5 Å². The zero-order valence-corrected chi connectivity index (χ0v) is 11.6. The van der Waals surface area contributed by atoms with Crippen molar-refractivity contribution in [2.24, 2.45) is 0 Å². The van der Waals surface area contributed by atoms with Crippen LogP contribution in [-0.4, -0.2) is 17.7 Å². The fourth-order valence-corrected chi connectivity index (χ4v) is 2.09. The summed E-state index contributed by atoms with van der Waals surface area (Å²) in [4.78, 5) is 11.0. The standard InChI is InChI=1S/C17H17FO3/c18-14-10-6-11-15(16(14)17(19)20)21-12-5-4-9-13-7-2-1-3-8-13/h1-3,6-8,10-11H,4-5,9,12H2,(H,19,20). The van der Waals surface area contributed by atoms with Crippen molar-refractivity contribution in [3.8, 4) is 5.75 Å². The Hall–Kier alpha value is -2.36. The van der Waals surface area contributed by atoms with Crippen LogP contribution >= 0.6 is 0 Å². The molecule has 0 bridgehead atoms. The molecule has 0 aliphatic rings. The number of aryl methyl sites for hydroxylation is 1. The third-order valence-electron chi connectivity index (χ3n) is 3.15. The molecular weight excluding hydrogens is 271 g/mol. The molecule has 4 heteroatoms. The van der Waals surface area contributed by atoms with Gasteiger partial charge in [-0.1, -0.05) is 36.4 Å². The van der Waals surface area contributed by atoms with Crippen LogP contribution in [0.5, 0.6) is 5.75 Å². The predicted molar refractivity (Wildman–Crippen MR) is 78.2 cm³/mol. The SMILES string of the molecule is O=C(O)c1c(F)cccc1OCCCCc1ccccc1. The van der Waals surface area contributed by atoms with Crippen LogP contribution in [-0.2, 0) is 6.42 Å². The van der Waals surface area contributed by atoms with E-state index >= 15 is 0 Å². The van der Waals surface area contributed by atoms with Crippen molar-refractivity contribution in [2.75, 3.05) is 6.61 Å². The quantitative estimate of drug-likeness (QED) is 0.785. The molecule has 0 radical (unpaired) electrons. The summed E-state index contributed by atoms with van der Waals surface area (Å²) in [6.45, 7) is 0.372. The number of carbonyl (C=O) groups is 1. The molecule has 0 atom stereocenters. The summed E-state index contributed by atoms with van der Waals surface area (Å²) in [5.41, 5.74) is 0.857. The maximum Gasteiger partial charge on any atom is 0.342 e. The Morgan fingerprint density at radius 3 is 2.52 bits per heavy atom. The molecule has 0 aromatic heterocycles. The van der Waals surface area contributed by atoms with Crippen LogP contribution in [0.2, 0.25) is 0 Å². The van der Waals surface area contributed by atoms with Crippen molar-refractivity contribution < 1.29 is 19.0 Å². The summed E-state index contributed by atoms with van der Waals surface area (Å²) >= 11 is 0. The van der Waals surface area contributed by atoms with Crippen LogP contribution in [0.1, 0.15) is 28.8 Å². The van der Waals surface area contributed by atoms with Crippen LogP contribution in [0.4, 0.5) is 4.39 Å². The van der Waals surface area contributed by atoms with E-state index in [9.17, 15) is 9.18 Å². The zero-order valence-electron chi connectivity index (χ0n) is 11.6. The molecule has 0 spiro atoms. The van der Waals surface area contributed by atoms with Gasteiger partial charge in [-0.2, -0.15) is 0 Å². The fraction of sp³-hybridized carbons (Fsp3) is 0.235. The first-order valence-corrected chi connectivity index (χ1v) is 6.87. The van der Waals surface area contributed by atoms with Crippen LogP contribution in [0.15, 0.2) is 48.5 Å². The second kappa shape index (κ2) is 7.43. The Balaban J connectivity index is 1.81. The number of unbranched alkanes of at least 4 members (excludes halogenated alkanes) is 1. The third-order valence-corrected chi connectivity index (χ3v) is 3.15. The number of hydrogen-bond donors (Lipinski definition) is 1. The highest BCUT2D eigenvalue weighted by molar-refractivity contribution is 5.91. The zero-order chi connectivity index (χ0) is 15.1. The lowest BCUT2D eigenvalue weighted by atomic mass is 10.1.